The van der Waals surface area contributed by atoms with Crippen LogP contribution in [0.1, 0.15) is 18.4 Å². The van der Waals surface area contributed by atoms with Crippen LogP contribution < -0.4 is 15.4 Å². The van der Waals surface area contributed by atoms with E-state index in [2.05, 4.69) is 54.5 Å². The normalized spacial score (nSPS) is 17.6. The Morgan fingerprint density at radius 2 is 2.00 bits per heavy atom. The third kappa shape index (κ3) is 8.36. The van der Waals surface area contributed by atoms with Crippen LogP contribution in [-0.4, -0.2) is 63.5 Å². The number of nitrogens with one attached hydrogen (secondary N) is 3. The number of likely N-dealkylation sites (tertiary alicyclic amines) is 1. The first kappa shape index (κ1) is 25.5. The maximum atomic E-state index is 12.2. The van der Waals surface area contributed by atoms with Gasteiger partial charge in [0, 0.05) is 51.7 Å². The summed E-state index contributed by atoms with van der Waals surface area (Å²) >= 11 is 0. The number of aromatic nitrogens is 1. The summed E-state index contributed by atoms with van der Waals surface area (Å²) in [7, 11) is -1.83. The van der Waals surface area contributed by atoms with E-state index in [9.17, 15) is 8.42 Å². The number of benzene rings is 1. The Bertz CT molecular complexity index is 912. The number of sulfonamides is 1. The molecule has 1 saturated heterocycles. The van der Waals surface area contributed by atoms with Crippen LogP contribution in [0, 0.1) is 0 Å². The lowest BCUT2D eigenvalue weighted by Gasteiger charge is -2.34. The van der Waals surface area contributed by atoms with Crippen molar-refractivity contribution in [3.8, 4) is 0 Å². The Morgan fingerprint density at radius 3 is 2.71 bits per heavy atom. The highest BCUT2D eigenvalue weighted by Gasteiger charge is 2.21. The summed E-state index contributed by atoms with van der Waals surface area (Å²) in [5.74, 6) is 0.683. The molecular weight excluding hydrogens is 527 g/mol. The number of piperidine rings is 1. The van der Waals surface area contributed by atoms with Gasteiger partial charge in [-0.15, -0.1) is 24.0 Å². The van der Waals surface area contributed by atoms with Crippen LogP contribution in [0.3, 0.4) is 0 Å². The highest BCUT2D eigenvalue weighted by Crippen LogP contribution is 2.13. The molecule has 3 rings (SSSR count). The molecule has 0 radical (unpaired) electrons. The maximum absolute atomic E-state index is 12.2. The standard InChI is InChI=1S/C21H30N6O2S.HI/c1-22-21(24-12-13-25-30(28,29)20-10-5-11-23-15-20)26-19-9-6-14-27(17-19)16-18-7-3-2-4-8-18;/h2-5,7-8,10-11,15,19,25H,6,9,12-14,16-17H2,1H3,(H2,22,24,26);1H. The van der Waals surface area contributed by atoms with Crippen molar-refractivity contribution in [3.05, 3.63) is 60.4 Å². The fourth-order valence-corrected chi connectivity index (χ4v) is 4.50. The summed E-state index contributed by atoms with van der Waals surface area (Å²) in [5, 5.41) is 6.64. The van der Waals surface area contributed by atoms with Crippen molar-refractivity contribution in [1.29, 1.82) is 0 Å². The van der Waals surface area contributed by atoms with Crippen molar-refractivity contribution in [2.45, 2.75) is 30.3 Å². The summed E-state index contributed by atoms with van der Waals surface area (Å²) in [6.07, 6.45) is 5.09. The van der Waals surface area contributed by atoms with Crippen LogP contribution in [0.2, 0.25) is 0 Å². The van der Waals surface area contributed by atoms with Crippen LogP contribution in [0.5, 0.6) is 0 Å². The van der Waals surface area contributed by atoms with Crippen LogP contribution in [-0.2, 0) is 16.6 Å². The van der Waals surface area contributed by atoms with Crippen molar-refractivity contribution in [2.24, 2.45) is 4.99 Å². The predicted octanol–water partition coefficient (Wildman–Crippen LogP) is 1.81. The second-order valence-electron chi connectivity index (χ2n) is 7.29. The zero-order chi connectivity index (χ0) is 21.2. The first-order chi connectivity index (χ1) is 14.6. The number of hydrogen-bond acceptors (Lipinski definition) is 5. The molecule has 1 aromatic heterocycles. The predicted molar refractivity (Wildman–Crippen MR) is 134 cm³/mol. The summed E-state index contributed by atoms with van der Waals surface area (Å²) in [6.45, 7) is 3.67. The summed E-state index contributed by atoms with van der Waals surface area (Å²) in [4.78, 5) is 10.7. The fraction of sp³-hybridized carbons (Fsp3) is 0.429. The van der Waals surface area contributed by atoms with E-state index in [1.165, 1.54) is 17.8 Å². The first-order valence-corrected chi connectivity index (χ1v) is 11.7. The molecule has 31 heavy (non-hydrogen) atoms. The molecule has 1 aromatic carbocycles. The smallest absolute Gasteiger partial charge is 0.242 e. The lowest BCUT2D eigenvalue weighted by atomic mass is 10.0. The van der Waals surface area contributed by atoms with Gasteiger partial charge < -0.3 is 10.6 Å². The van der Waals surface area contributed by atoms with Gasteiger partial charge in [-0.1, -0.05) is 30.3 Å². The first-order valence-electron chi connectivity index (χ1n) is 10.2. The Labute approximate surface area is 202 Å². The number of guanidine groups is 1. The van der Waals surface area contributed by atoms with E-state index in [0.29, 0.717) is 18.5 Å². The average molecular weight is 558 g/mol. The monoisotopic (exact) mass is 558 g/mol. The van der Waals surface area contributed by atoms with E-state index in [1.807, 2.05) is 6.07 Å². The zero-order valence-corrected chi connectivity index (χ0v) is 20.8. The zero-order valence-electron chi connectivity index (χ0n) is 17.7. The number of aliphatic imine (C=N–C) groups is 1. The second-order valence-corrected chi connectivity index (χ2v) is 9.06. The van der Waals surface area contributed by atoms with Crippen LogP contribution in [0.4, 0.5) is 0 Å². The summed E-state index contributed by atoms with van der Waals surface area (Å²) in [5.41, 5.74) is 1.32. The van der Waals surface area contributed by atoms with Gasteiger partial charge in [-0.25, -0.2) is 13.1 Å². The van der Waals surface area contributed by atoms with E-state index < -0.39 is 10.0 Å². The average Bonchev–Trinajstić information content (AvgIpc) is 2.77. The molecule has 8 nitrogen and oxygen atoms in total. The molecule has 2 heterocycles. The van der Waals surface area contributed by atoms with E-state index in [-0.39, 0.29) is 35.4 Å². The van der Waals surface area contributed by atoms with Gasteiger partial charge in [-0.2, -0.15) is 0 Å². The molecule has 0 aliphatic carbocycles. The lowest BCUT2D eigenvalue weighted by molar-refractivity contribution is 0.192. The van der Waals surface area contributed by atoms with Crippen molar-refractivity contribution in [1.82, 2.24) is 25.2 Å². The van der Waals surface area contributed by atoms with Crippen molar-refractivity contribution < 1.29 is 8.42 Å². The Kier molecular flexibility index (Phi) is 10.6. The molecule has 1 unspecified atom stereocenters. The van der Waals surface area contributed by atoms with Gasteiger partial charge >= 0.3 is 0 Å². The van der Waals surface area contributed by atoms with Gasteiger partial charge in [-0.05, 0) is 37.1 Å². The van der Waals surface area contributed by atoms with Crippen molar-refractivity contribution in [3.63, 3.8) is 0 Å². The molecule has 2 aromatic rings. The quantitative estimate of drug-likeness (QED) is 0.198. The molecular formula is C21H31IN6O2S. The third-order valence-corrected chi connectivity index (χ3v) is 6.42. The van der Waals surface area contributed by atoms with Gasteiger partial charge in [0.1, 0.15) is 4.90 Å². The van der Waals surface area contributed by atoms with Gasteiger partial charge in [0.2, 0.25) is 10.0 Å². The van der Waals surface area contributed by atoms with Crippen LogP contribution >= 0.6 is 24.0 Å². The Hall–Kier alpha value is -1.76. The van der Waals surface area contributed by atoms with Gasteiger partial charge in [-0.3, -0.25) is 14.9 Å². The minimum atomic E-state index is -3.55. The molecule has 1 aliphatic heterocycles. The summed E-state index contributed by atoms with van der Waals surface area (Å²) in [6, 6.07) is 13.9. The molecule has 0 spiro atoms. The van der Waals surface area contributed by atoms with Crippen LogP contribution in [0.25, 0.3) is 0 Å². The topological polar surface area (TPSA) is 98.7 Å². The minimum absolute atomic E-state index is 0. The van der Waals surface area contributed by atoms with Crippen molar-refractivity contribution in [2.75, 3.05) is 33.2 Å². The highest BCUT2D eigenvalue weighted by molar-refractivity contribution is 14.0. The Balaban J connectivity index is 0.00000341. The third-order valence-electron chi connectivity index (χ3n) is 4.97. The minimum Gasteiger partial charge on any atom is -0.355 e. The summed E-state index contributed by atoms with van der Waals surface area (Å²) < 4.78 is 27.0. The largest absolute Gasteiger partial charge is 0.355 e. The SMILES string of the molecule is CN=C(NCCNS(=O)(=O)c1cccnc1)NC1CCCN(Cc2ccccc2)C1.I. The molecule has 10 heteroatoms. The molecule has 0 amide bonds. The van der Waals surface area contributed by atoms with E-state index in [4.69, 9.17) is 0 Å². The maximum Gasteiger partial charge on any atom is 0.242 e. The number of nitrogens with zero attached hydrogens (tertiary/aromatic N) is 3. The molecule has 0 bridgehead atoms. The molecule has 170 valence electrons. The molecule has 1 fully saturated rings. The van der Waals surface area contributed by atoms with E-state index >= 15 is 0 Å². The Morgan fingerprint density at radius 1 is 1.19 bits per heavy atom. The molecule has 0 saturated carbocycles. The van der Waals surface area contributed by atoms with Crippen LogP contribution in [0.15, 0.2) is 64.7 Å². The number of halogens is 1. The lowest BCUT2D eigenvalue weighted by Crippen LogP contribution is -2.51. The van der Waals surface area contributed by atoms with Gasteiger partial charge in [0.05, 0.1) is 0 Å². The van der Waals surface area contributed by atoms with Crippen molar-refractivity contribution >= 4 is 40.0 Å². The molecule has 1 aliphatic rings. The van der Waals surface area contributed by atoms with E-state index in [0.717, 1.165) is 32.5 Å². The number of hydrogen-bond donors (Lipinski definition) is 3. The number of rotatable bonds is 8. The number of pyridine rings is 1. The van der Waals surface area contributed by atoms with Gasteiger partial charge in [0.15, 0.2) is 5.96 Å². The van der Waals surface area contributed by atoms with Gasteiger partial charge in [0.25, 0.3) is 0 Å². The second kappa shape index (κ2) is 12.9. The molecule has 3 N–H and O–H groups in total. The highest BCUT2D eigenvalue weighted by atomic mass is 127. The van der Waals surface area contributed by atoms with E-state index in [1.54, 1.807) is 19.3 Å². The molecule has 1 atom stereocenters. The fourth-order valence-electron chi connectivity index (χ4n) is 3.50.